The standard InChI is InChI=1S/C17H28N4/c1-13-3-5-16(11-14(13)2)20-7-9-21(10-8-20)17-6-4-15(18)12-19-17/h4,6,12-14,16H,3,5,7-11,18H2,1-2H3. The van der Waals surface area contributed by atoms with Crippen molar-refractivity contribution in [1.82, 2.24) is 9.88 Å². The van der Waals surface area contributed by atoms with Gasteiger partial charge in [-0.15, -0.1) is 0 Å². The van der Waals surface area contributed by atoms with Gasteiger partial charge >= 0.3 is 0 Å². The molecule has 3 rings (SSSR count). The van der Waals surface area contributed by atoms with Crippen LogP contribution in [0.25, 0.3) is 0 Å². The number of nitrogens with two attached hydrogens (primary N) is 1. The number of pyridine rings is 1. The summed E-state index contributed by atoms with van der Waals surface area (Å²) in [5.41, 5.74) is 6.45. The molecule has 2 fully saturated rings. The Labute approximate surface area is 128 Å². The lowest BCUT2D eigenvalue weighted by molar-refractivity contribution is 0.103. The van der Waals surface area contributed by atoms with Gasteiger partial charge in [-0.05, 0) is 43.2 Å². The number of hydrogen-bond acceptors (Lipinski definition) is 4. The fraction of sp³-hybridized carbons (Fsp3) is 0.706. The van der Waals surface area contributed by atoms with Gasteiger partial charge in [-0.1, -0.05) is 13.8 Å². The Balaban J connectivity index is 1.54. The second-order valence-corrected chi connectivity index (χ2v) is 6.89. The molecule has 116 valence electrons. The van der Waals surface area contributed by atoms with Gasteiger partial charge in [0.1, 0.15) is 5.82 Å². The topological polar surface area (TPSA) is 45.4 Å². The van der Waals surface area contributed by atoms with Crippen molar-refractivity contribution in [1.29, 1.82) is 0 Å². The van der Waals surface area contributed by atoms with Gasteiger partial charge in [0.15, 0.2) is 0 Å². The van der Waals surface area contributed by atoms with E-state index in [1.165, 1.54) is 19.3 Å². The highest BCUT2D eigenvalue weighted by Crippen LogP contribution is 2.32. The van der Waals surface area contributed by atoms with E-state index >= 15 is 0 Å². The Hall–Kier alpha value is -1.29. The molecule has 2 heterocycles. The molecule has 0 radical (unpaired) electrons. The van der Waals surface area contributed by atoms with Crippen molar-refractivity contribution in [3.05, 3.63) is 18.3 Å². The monoisotopic (exact) mass is 288 g/mol. The second-order valence-electron chi connectivity index (χ2n) is 6.89. The lowest BCUT2D eigenvalue weighted by atomic mass is 9.78. The van der Waals surface area contributed by atoms with Gasteiger partial charge in [-0.25, -0.2) is 4.98 Å². The third kappa shape index (κ3) is 3.31. The smallest absolute Gasteiger partial charge is 0.128 e. The molecule has 21 heavy (non-hydrogen) atoms. The van der Waals surface area contributed by atoms with Gasteiger partial charge in [0.25, 0.3) is 0 Å². The summed E-state index contributed by atoms with van der Waals surface area (Å²) in [6.45, 7) is 9.32. The van der Waals surface area contributed by atoms with Crippen LogP contribution >= 0.6 is 0 Å². The Bertz CT molecular complexity index is 450. The zero-order chi connectivity index (χ0) is 14.8. The molecule has 4 heteroatoms. The van der Waals surface area contributed by atoms with Crippen LogP contribution in [0.3, 0.4) is 0 Å². The molecule has 0 amide bonds. The van der Waals surface area contributed by atoms with E-state index in [1.807, 2.05) is 12.1 Å². The van der Waals surface area contributed by atoms with Crippen LogP contribution < -0.4 is 10.6 Å². The molecule has 2 aliphatic rings. The minimum Gasteiger partial charge on any atom is -0.397 e. The van der Waals surface area contributed by atoms with Crippen molar-refractivity contribution in [2.45, 2.75) is 39.2 Å². The van der Waals surface area contributed by atoms with E-state index in [1.54, 1.807) is 6.20 Å². The van der Waals surface area contributed by atoms with E-state index in [9.17, 15) is 0 Å². The number of rotatable bonds is 2. The maximum Gasteiger partial charge on any atom is 0.128 e. The van der Waals surface area contributed by atoms with E-state index in [2.05, 4.69) is 28.6 Å². The van der Waals surface area contributed by atoms with E-state index < -0.39 is 0 Å². The molecule has 3 atom stereocenters. The van der Waals surface area contributed by atoms with E-state index in [-0.39, 0.29) is 0 Å². The second kappa shape index (κ2) is 6.22. The van der Waals surface area contributed by atoms with Crippen molar-refractivity contribution in [3.63, 3.8) is 0 Å². The predicted molar refractivity (Wildman–Crippen MR) is 88.4 cm³/mol. The Morgan fingerprint density at radius 2 is 1.81 bits per heavy atom. The summed E-state index contributed by atoms with van der Waals surface area (Å²) in [7, 11) is 0. The molecule has 3 unspecified atom stereocenters. The molecule has 1 aliphatic heterocycles. The van der Waals surface area contributed by atoms with Gasteiger partial charge in [-0.3, -0.25) is 4.90 Å². The molecule has 4 nitrogen and oxygen atoms in total. The molecular formula is C17H28N4. The lowest BCUT2D eigenvalue weighted by Crippen LogP contribution is -2.52. The number of aromatic nitrogens is 1. The molecule has 2 N–H and O–H groups in total. The summed E-state index contributed by atoms with van der Waals surface area (Å²) in [4.78, 5) is 9.53. The largest absolute Gasteiger partial charge is 0.397 e. The highest BCUT2D eigenvalue weighted by molar-refractivity contribution is 5.46. The molecular weight excluding hydrogens is 260 g/mol. The molecule has 1 aliphatic carbocycles. The summed E-state index contributed by atoms with van der Waals surface area (Å²) in [6.07, 6.45) is 5.91. The predicted octanol–water partition coefficient (Wildman–Crippen LogP) is 2.61. The highest BCUT2D eigenvalue weighted by Gasteiger charge is 2.30. The van der Waals surface area contributed by atoms with Crippen LogP contribution in [-0.2, 0) is 0 Å². The molecule has 1 aromatic rings. The molecule has 0 spiro atoms. The quantitative estimate of drug-likeness (QED) is 0.908. The summed E-state index contributed by atoms with van der Waals surface area (Å²) in [5, 5.41) is 0. The van der Waals surface area contributed by atoms with Gasteiger partial charge in [0, 0.05) is 32.2 Å². The molecule has 1 saturated carbocycles. The summed E-state index contributed by atoms with van der Waals surface area (Å²) >= 11 is 0. The number of piperazine rings is 1. The van der Waals surface area contributed by atoms with Crippen molar-refractivity contribution in [2.24, 2.45) is 11.8 Å². The first-order chi connectivity index (χ1) is 10.1. The van der Waals surface area contributed by atoms with Gasteiger partial charge in [0.2, 0.25) is 0 Å². The third-order valence-corrected chi connectivity index (χ3v) is 5.50. The first-order valence-electron chi connectivity index (χ1n) is 8.34. The van der Waals surface area contributed by atoms with E-state index in [4.69, 9.17) is 5.73 Å². The van der Waals surface area contributed by atoms with Crippen LogP contribution in [0.2, 0.25) is 0 Å². The van der Waals surface area contributed by atoms with Crippen molar-refractivity contribution in [2.75, 3.05) is 36.8 Å². The Kier molecular flexibility index (Phi) is 4.34. The van der Waals surface area contributed by atoms with Crippen LogP contribution in [0.15, 0.2) is 18.3 Å². The van der Waals surface area contributed by atoms with Crippen LogP contribution in [0, 0.1) is 11.8 Å². The first-order valence-corrected chi connectivity index (χ1v) is 8.34. The number of nitrogen functional groups attached to an aromatic ring is 1. The zero-order valence-electron chi connectivity index (χ0n) is 13.3. The van der Waals surface area contributed by atoms with Gasteiger partial charge in [-0.2, -0.15) is 0 Å². The molecule has 1 aromatic heterocycles. The number of hydrogen-bond donors (Lipinski definition) is 1. The maximum absolute atomic E-state index is 5.71. The third-order valence-electron chi connectivity index (χ3n) is 5.50. The Morgan fingerprint density at radius 3 is 2.43 bits per heavy atom. The minimum atomic E-state index is 0.739. The van der Waals surface area contributed by atoms with Crippen LogP contribution in [0.4, 0.5) is 11.5 Å². The van der Waals surface area contributed by atoms with Crippen LogP contribution in [0.5, 0.6) is 0 Å². The lowest BCUT2D eigenvalue weighted by Gasteiger charge is -2.43. The normalized spacial score (nSPS) is 31.3. The summed E-state index contributed by atoms with van der Waals surface area (Å²) in [6, 6.07) is 4.78. The Morgan fingerprint density at radius 1 is 1.05 bits per heavy atom. The maximum atomic E-state index is 5.71. The average Bonchev–Trinajstić information content (AvgIpc) is 2.51. The fourth-order valence-corrected chi connectivity index (χ4v) is 3.75. The number of nitrogens with zero attached hydrogens (tertiary/aromatic N) is 3. The molecule has 1 saturated heterocycles. The number of anilines is 2. The van der Waals surface area contributed by atoms with Gasteiger partial charge < -0.3 is 10.6 Å². The molecule has 0 aromatic carbocycles. The zero-order valence-corrected chi connectivity index (χ0v) is 13.3. The minimum absolute atomic E-state index is 0.739. The van der Waals surface area contributed by atoms with E-state index in [0.717, 1.165) is 55.6 Å². The van der Waals surface area contributed by atoms with Crippen LogP contribution in [0.1, 0.15) is 33.1 Å². The first kappa shape index (κ1) is 14.6. The summed E-state index contributed by atoms with van der Waals surface area (Å²) < 4.78 is 0. The summed E-state index contributed by atoms with van der Waals surface area (Å²) in [5.74, 6) is 2.84. The van der Waals surface area contributed by atoms with Crippen molar-refractivity contribution >= 4 is 11.5 Å². The fourth-order valence-electron chi connectivity index (χ4n) is 3.75. The SMILES string of the molecule is CC1CCC(N2CCN(c3ccc(N)cn3)CC2)CC1C. The highest BCUT2D eigenvalue weighted by atomic mass is 15.3. The van der Waals surface area contributed by atoms with E-state index in [0.29, 0.717) is 0 Å². The van der Waals surface area contributed by atoms with Crippen molar-refractivity contribution in [3.8, 4) is 0 Å². The van der Waals surface area contributed by atoms with Crippen LogP contribution in [-0.4, -0.2) is 42.1 Å². The molecule has 0 bridgehead atoms. The van der Waals surface area contributed by atoms with Crippen molar-refractivity contribution < 1.29 is 0 Å². The van der Waals surface area contributed by atoms with Gasteiger partial charge in [0.05, 0.1) is 11.9 Å². The average molecular weight is 288 g/mol.